The van der Waals surface area contributed by atoms with E-state index < -0.39 is 10.4 Å². The van der Waals surface area contributed by atoms with Crippen LogP contribution in [-0.2, 0) is 14.6 Å². The van der Waals surface area contributed by atoms with E-state index in [0.717, 1.165) is 12.8 Å². The molecule has 0 aliphatic carbocycles. The van der Waals surface area contributed by atoms with Crippen LogP contribution < -0.4 is 5.73 Å². The largest absolute Gasteiger partial charge is 0.726 e. The lowest BCUT2D eigenvalue weighted by atomic mass is 10.1. The van der Waals surface area contributed by atoms with Crippen molar-refractivity contribution in [3.8, 4) is 0 Å². The van der Waals surface area contributed by atoms with Crippen LogP contribution in [0, 0.1) is 0 Å². The van der Waals surface area contributed by atoms with Crippen LogP contribution in [0.3, 0.4) is 0 Å². The maximum atomic E-state index is 9.99. The summed E-state index contributed by atoms with van der Waals surface area (Å²) in [6, 6.07) is 0.583. The second-order valence-electron chi connectivity index (χ2n) is 4.39. The Morgan fingerprint density at radius 2 is 1.53 bits per heavy atom. The lowest BCUT2D eigenvalue weighted by Crippen LogP contribution is -2.57. The smallest absolute Gasteiger partial charge is 0.217 e. The second kappa shape index (κ2) is 12.3. The van der Waals surface area contributed by atoms with Gasteiger partial charge in [-0.15, -0.1) is 0 Å². The van der Waals surface area contributed by atoms with Gasteiger partial charge in [0.05, 0.1) is 12.6 Å². The molecule has 0 fully saturated rings. The SMILES string of the molecule is CC(C)[NH3+].CCCCCCCCOS(=O)(=O)[O-]. The molecule has 0 saturated carbocycles. The molecule has 0 heterocycles. The van der Waals surface area contributed by atoms with Gasteiger partial charge >= 0.3 is 0 Å². The zero-order valence-corrected chi connectivity index (χ0v) is 12.1. The van der Waals surface area contributed by atoms with Gasteiger partial charge in [0.1, 0.15) is 0 Å². The maximum absolute atomic E-state index is 9.99. The van der Waals surface area contributed by atoms with Gasteiger partial charge in [-0.1, -0.05) is 39.0 Å². The average Bonchev–Trinajstić information content (AvgIpc) is 2.14. The van der Waals surface area contributed by atoms with E-state index in [1.165, 1.54) is 19.3 Å². The topological polar surface area (TPSA) is 94.1 Å². The number of rotatable bonds is 8. The molecule has 3 N–H and O–H groups in total. The predicted octanol–water partition coefficient (Wildman–Crippen LogP) is 1.46. The van der Waals surface area contributed by atoms with Gasteiger partial charge in [-0.05, 0) is 20.3 Å². The molecular weight excluding hydrogens is 242 g/mol. The van der Waals surface area contributed by atoms with Crippen molar-refractivity contribution in [2.75, 3.05) is 6.61 Å². The molecule has 0 saturated heterocycles. The monoisotopic (exact) mass is 269 g/mol. The van der Waals surface area contributed by atoms with Gasteiger partial charge in [-0.3, -0.25) is 4.18 Å². The molecule has 0 aliphatic heterocycles. The highest BCUT2D eigenvalue weighted by Gasteiger charge is 1.94. The van der Waals surface area contributed by atoms with Gasteiger partial charge in [0.25, 0.3) is 0 Å². The standard InChI is InChI=1S/C8H18O4S.C3H9N/c1-2-3-4-5-6-7-8-12-13(9,10)11;1-3(2)4/h2-8H2,1H3,(H,9,10,11);3H,4H2,1-2H3. The van der Waals surface area contributed by atoms with Crippen LogP contribution >= 0.6 is 0 Å². The third kappa shape index (κ3) is 31.3. The molecule has 0 aromatic heterocycles. The number of unbranched alkanes of at least 4 members (excludes halogenated alkanes) is 5. The van der Waals surface area contributed by atoms with Crippen LogP contribution in [0.15, 0.2) is 0 Å². The van der Waals surface area contributed by atoms with Gasteiger partial charge < -0.3 is 10.3 Å². The highest BCUT2D eigenvalue weighted by Crippen LogP contribution is 2.05. The molecule has 0 radical (unpaired) electrons. The molecule has 0 amide bonds. The first-order valence-electron chi connectivity index (χ1n) is 6.23. The summed E-state index contributed by atoms with van der Waals surface area (Å²) < 4.78 is 34.0. The van der Waals surface area contributed by atoms with Gasteiger partial charge in [-0.2, -0.15) is 0 Å². The van der Waals surface area contributed by atoms with Crippen molar-refractivity contribution in [1.82, 2.24) is 0 Å². The van der Waals surface area contributed by atoms with Crippen LogP contribution in [0.25, 0.3) is 0 Å². The maximum Gasteiger partial charge on any atom is 0.217 e. The third-order valence-electron chi connectivity index (χ3n) is 1.73. The number of hydrogen-bond donors (Lipinski definition) is 1. The summed E-state index contributed by atoms with van der Waals surface area (Å²) in [5.41, 5.74) is 3.64. The summed E-state index contributed by atoms with van der Waals surface area (Å²) in [4.78, 5) is 0. The minimum Gasteiger partial charge on any atom is -0.726 e. The van der Waals surface area contributed by atoms with E-state index in [4.69, 9.17) is 0 Å². The normalized spacial score (nSPS) is 11.2. The van der Waals surface area contributed by atoms with Gasteiger partial charge in [0.15, 0.2) is 0 Å². The van der Waals surface area contributed by atoms with Crippen molar-refractivity contribution >= 4 is 10.4 Å². The molecule has 6 heteroatoms. The first-order chi connectivity index (χ1) is 7.79. The quantitative estimate of drug-likeness (QED) is 0.410. The molecule has 106 valence electrons. The Morgan fingerprint density at radius 1 is 1.12 bits per heavy atom. The highest BCUT2D eigenvalue weighted by molar-refractivity contribution is 7.80. The Kier molecular flexibility index (Phi) is 13.9. The Bertz CT molecular complexity index is 237. The molecule has 0 rings (SSSR count). The second-order valence-corrected chi connectivity index (χ2v) is 5.44. The highest BCUT2D eigenvalue weighted by atomic mass is 32.3. The molecule has 0 spiro atoms. The molecule has 0 aromatic carbocycles. The number of hydrogen-bond acceptors (Lipinski definition) is 4. The van der Waals surface area contributed by atoms with Crippen molar-refractivity contribution in [2.24, 2.45) is 0 Å². The van der Waals surface area contributed by atoms with Gasteiger partial charge in [0.2, 0.25) is 10.4 Å². The molecule has 0 aromatic rings. The van der Waals surface area contributed by atoms with Crippen molar-refractivity contribution in [1.29, 1.82) is 0 Å². The van der Waals surface area contributed by atoms with Crippen molar-refractivity contribution in [3.05, 3.63) is 0 Å². The van der Waals surface area contributed by atoms with Crippen LogP contribution in [0.4, 0.5) is 0 Å². The fourth-order valence-electron chi connectivity index (χ4n) is 1.04. The van der Waals surface area contributed by atoms with E-state index in [1.54, 1.807) is 0 Å². The minimum absolute atomic E-state index is 0.0258. The average molecular weight is 269 g/mol. The Balaban J connectivity index is 0. The summed E-state index contributed by atoms with van der Waals surface area (Å²) in [7, 11) is -4.47. The van der Waals surface area contributed by atoms with Crippen LogP contribution in [0.2, 0.25) is 0 Å². The van der Waals surface area contributed by atoms with Gasteiger partial charge in [-0.25, -0.2) is 8.42 Å². The summed E-state index contributed by atoms with van der Waals surface area (Å²) in [6.07, 6.45) is 6.21. The van der Waals surface area contributed by atoms with Crippen LogP contribution in [0.1, 0.15) is 59.3 Å². The zero-order chi connectivity index (χ0) is 13.7. The minimum atomic E-state index is -4.47. The first-order valence-corrected chi connectivity index (χ1v) is 7.56. The van der Waals surface area contributed by atoms with E-state index in [-0.39, 0.29) is 6.61 Å². The zero-order valence-electron chi connectivity index (χ0n) is 11.3. The lowest BCUT2D eigenvalue weighted by Gasteiger charge is -2.06. The molecule has 5 nitrogen and oxygen atoms in total. The predicted molar refractivity (Wildman–Crippen MR) is 67.0 cm³/mol. The number of quaternary nitrogens is 1. The van der Waals surface area contributed by atoms with E-state index >= 15 is 0 Å². The van der Waals surface area contributed by atoms with E-state index in [1.807, 2.05) is 0 Å². The molecular formula is C11H27NO4S. The van der Waals surface area contributed by atoms with Gasteiger partial charge in [0, 0.05) is 0 Å². The fraction of sp³-hybridized carbons (Fsp3) is 1.00. The Hall–Kier alpha value is -0.170. The molecule has 0 atom stereocenters. The van der Waals surface area contributed by atoms with E-state index in [0.29, 0.717) is 12.5 Å². The van der Waals surface area contributed by atoms with Crippen molar-refractivity contribution in [3.63, 3.8) is 0 Å². The first kappa shape index (κ1) is 19.2. The van der Waals surface area contributed by atoms with Crippen molar-refractivity contribution < 1.29 is 22.9 Å². The summed E-state index contributed by atoms with van der Waals surface area (Å²) >= 11 is 0. The Morgan fingerprint density at radius 3 is 1.94 bits per heavy atom. The van der Waals surface area contributed by atoms with E-state index in [2.05, 4.69) is 30.7 Å². The summed E-state index contributed by atoms with van der Waals surface area (Å²) in [5.74, 6) is 0. The molecule has 0 bridgehead atoms. The third-order valence-corrected chi connectivity index (χ3v) is 2.18. The molecule has 0 aliphatic rings. The van der Waals surface area contributed by atoms with E-state index in [9.17, 15) is 13.0 Å². The molecule has 0 unspecified atom stereocenters. The van der Waals surface area contributed by atoms with Crippen LogP contribution in [-0.4, -0.2) is 25.6 Å². The lowest BCUT2D eigenvalue weighted by molar-refractivity contribution is -0.407. The van der Waals surface area contributed by atoms with Crippen molar-refractivity contribution in [2.45, 2.75) is 65.3 Å². The molecule has 17 heavy (non-hydrogen) atoms. The Labute approximate surface area is 106 Å². The summed E-state index contributed by atoms with van der Waals surface area (Å²) in [6.45, 7) is 6.27. The van der Waals surface area contributed by atoms with Crippen LogP contribution in [0.5, 0.6) is 0 Å². The summed E-state index contributed by atoms with van der Waals surface area (Å²) in [5, 5.41) is 0. The fourth-order valence-corrected chi connectivity index (χ4v) is 1.37.